The molecule has 1 unspecified atom stereocenters. The molecule has 0 fully saturated rings. The largest absolute Gasteiger partial charge is 0.485 e. The molecule has 0 bridgehead atoms. The van der Waals surface area contributed by atoms with Gasteiger partial charge in [-0.05, 0) is 66.8 Å². The third kappa shape index (κ3) is 5.38. The predicted octanol–water partition coefficient (Wildman–Crippen LogP) is 6.06. The zero-order chi connectivity index (χ0) is 22.6. The van der Waals surface area contributed by atoms with E-state index >= 15 is 0 Å². The fourth-order valence-electron chi connectivity index (χ4n) is 3.82. The van der Waals surface area contributed by atoms with Crippen LogP contribution in [0.5, 0.6) is 16.7 Å². The first-order chi connectivity index (χ1) is 16.2. The van der Waals surface area contributed by atoms with Gasteiger partial charge in [0.05, 0.1) is 5.69 Å². The van der Waals surface area contributed by atoms with Gasteiger partial charge in [0.1, 0.15) is 22.5 Å². The molecule has 8 heteroatoms. The highest BCUT2D eigenvalue weighted by molar-refractivity contribution is 7.15. The minimum absolute atomic E-state index is 0. The van der Waals surface area contributed by atoms with Gasteiger partial charge in [0.15, 0.2) is 0 Å². The topological polar surface area (TPSA) is 73.3 Å². The summed E-state index contributed by atoms with van der Waals surface area (Å²) in [7, 11) is 0. The first-order valence-corrected chi connectivity index (χ1v) is 11.6. The Morgan fingerprint density at radius 1 is 1.15 bits per heavy atom. The summed E-state index contributed by atoms with van der Waals surface area (Å²) >= 11 is 1.24. The first-order valence-electron chi connectivity index (χ1n) is 10.8. The zero-order valence-electron chi connectivity index (χ0n) is 18.6. The number of carbonyl (C=O) groups excluding carboxylic acids is 1. The standard InChI is InChI=1S/C26H23N3O3S.ClH/c1-17-24(25(30)28-16-18-11-13-27-14-12-18)33-26(29-17)31-21-8-10-23-20(15-21)7-9-22(32-23)19-5-3-2-4-6-19;/h2-6,8,10-15,22H,7,9,16H2,1H3,(H,28,30);1H. The van der Waals surface area contributed by atoms with E-state index in [-0.39, 0.29) is 24.4 Å². The van der Waals surface area contributed by atoms with Gasteiger partial charge in [-0.15, -0.1) is 12.4 Å². The summed E-state index contributed by atoms with van der Waals surface area (Å²) in [5.74, 6) is 1.41. The number of ether oxygens (including phenoxy) is 2. The van der Waals surface area contributed by atoms with Crippen LogP contribution in [0.3, 0.4) is 0 Å². The van der Waals surface area contributed by atoms with Gasteiger partial charge in [-0.1, -0.05) is 41.7 Å². The average Bonchev–Trinajstić information content (AvgIpc) is 3.23. The smallest absolute Gasteiger partial charge is 0.279 e. The Bertz CT molecular complexity index is 1270. The molecular weight excluding hydrogens is 470 g/mol. The number of benzene rings is 2. The van der Waals surface area contributed by atoms with E-state index in [9.17, 15) is 4.79 Å². The van der Waals surface area contributed by atoms with E-state index in [1.165, 1.54) is 16.9 Å². The van der Waals surface area contributed by atoms with Crippen LogP contribution >= 0.6 is 23.7 Å². The van der Waals surface area contributed by atoms with Crippen molar-refractivity contribution in [2.45, 2.75) is 32.4 Å². The summed E-state index contributed by atoms with van der Waals surface area (Å²) in [6, 6.07) is 19.9. The van der Waals surface area contributed by atoms with Crippen LogP contribution in [-0.2, 0) is 13.0 Å². The van der Waals surface area contributed by atoms with Gasteiger partial charge >= 0.3 is 0 Å². The molecule has 0 aliphatic carbocycles. The zero-order valence-corrected chi connectivity index (χ0v) is 20.2. The molecule has 34 heavy (non-hydrogen) atoms. The Kier molecular flexibility index (Phi) is 7.45. The minimum atomic E-state index is -0.164. The van der Waals surface area contributed by atoms with Crippen LogP contribution in [0.15, 0.2) is 73.1 Å². The van der Waals surface area contributed by atoms with Crippen molar-refractivity contribution in [1.82, 2.24) is 15.3 Å². The molecule has 4 aromatic rings. The number of fused-ring (bicyclic) bond motifs is 1. The van der Waals surface area contributed by atoms with Gasteiger partial charge in [-0.2, -0.15) is 0 Å². The van der Waals surface area contributed by atoms with Crippen molar-refractivity contribution >= 4 is 29.7 Å². The Morgan fingerprint density at radius 3 is 2.74 bits per heavy atom. The molecule has 1 atom stereocenters. The SMILES string of the molecule is Cc1nc(Oc2ccc3c(c2)CCC(c2ccccc2)O3)sc1C(=O)NCc1ccncc1.Cl. The number of rotatable bonds is 6. The Labute approximate surface area is 208 Å². The van der Waals surface area contributed by atoms with Crippen molar-refractivity contribution in [3.8, 4) is 16.7 Å². The fraction of sp³-hybridized carbons (Fsp3) is 0.192. The lowest BCUT2D eigenvalue weighted by atomic mass is 9.97. The summed E-state index contributed by atoms with van der Waals surface area (Å²) in [6.07, 6.45) is 5.30. The van der Waals surface area contributed by atoms with Gasteiger partial charge in [-0.25, -0.2) is 4.98 Å². The molecule has 1 amide bonds. The van der Waals surface area contributed by atoms with Crippen LogP contribution in [0.1, 0.15) is 44.6 Å². The second-order valence-electron chi connectivity index (χ2n) is 7.86. The Balaban J connectivity index is 0.00000274. The van der Waals surface area contributed by atoms with Gasteiger partial charge in [-0.3, -0.25) is 9.78 Å². The normalized spacial score (nSPS) is 14.3. The summed E-state index contributed by atoms with van der Waals surface area (Å²) in [6.45, 7) is 2.25. The average molecular weight is 494 g/mol. The minimum Gasteiger partial charge on any atom is -0.485 e. The van der Waals surface area contributed by atoms with Crippen LogP contribution in [0.2, 0.25) is 0 Å². The van der Waals surface area contributed by atoms with E-state index in [1.807, 2.05) is 55.5 Å². The summed E-state index contributed by atoms with van der Waals surface area (Å²) in [5, 5.41) is 3.37. The number of nitrogens with one attached hydrogen (secondary N) is 1. The summed E-state index contributed by atoms with van der Waals surface area (Å²) in [5.41, 5.74) is 3.94. The molecular formula is C26H24ClN3O3S. The van der Waals surface area contributed by atoms with E-state index in [0.717, 1.165) is 29.7 Å². The molecule has 1 N–H and O–H groups in total. The van der Waals surface area contributed by atoms with E-state index in [2.05, 4.69) is 27.4 Å². The third-order valence-corrected chi connectivity index (χ3v) is 6.57. The molecule has 0 saturated heterocycles. The maximum atomic E-state index is 12.6. The van der Waals surface area contributed by atoms with Crippen molar-refractivity contribution in [2.75, 3.05) is 0 Å². The van der Waals surface area contributed by atoms with Crippen LogP contribution in [0.25, 0.3) is 0 Å². The highest BCUT2D eigenvalue weighted by Crippen LogP contribution is 2.38. The van der Waals surface area contributed by atoms with Crippen LogP contribution in [-0.4, -0.2) is 15.9 Å². The lowest BCUT2D eigenvalue weighted by Crippen LogP contribution is -2.22. The van der Waals surface area contributed by atoms with E-state index < -0.39 is 0 Å². The molecule has 6 nitrogen and oxygen atoms in total. The number of nitrogens with zero attached hydrogens (tertiary/aromatic N) is 2. The van der Waals surface area contributed by atoms with Crippen molar-refractivity contribution in [2.24, 2.45) is 0 Å². The van der Waals surface area contributed by atoms with Crippen molar-refractivity contribution in [3.05, 3.63) is 100 Å². The van der Waals surface area contributed by atoms with Crippen LogP contribution < -0.4 is 14.8 Å². The molecule has 0 saturated carbocycles. The molecule has 0 radical (unpaired) electrons. The number of aromatic nitrogens is 2. The number of aryl methyl sites for hydroxylation is 2. The predicted molar refractivity (Wildman–Crippen MR) is 134 cm³/mol. The summed E-state index contributed by atoms with van der Waals surface area (Å²) < 4.78 is 12.2. The van der Waals surface area contributed by atoms with E-state index in [0.29, 0.717) is 28.1 Å². The Morgan fingerprint density at radius 2 is 1.94 bits per heavy atom. The first kappa shape index (κ1) is 23.7. The quantitative estimate of drug-likeness (QED) is 0.353. The molecule has 2 aromatic heterocycles. The number of pyridine rings is 1. The number of hydrogen-bond donors (Lipinski definition) is 1. The second-order valence-corrected chi connectivity index (χ2v) is 8.82. The van der Waals surface area contributed by atoms with Crippen molar-refractivity contribution in [3.63, 3.8) is 0 Å². The lowest BCUT2D eigenvalue weighted by Gasteiger charge is -2.26. The van der Waals surface area contributed by atoms with Crippen LogP contribution in [0.4, 0.5) is 0 Å². The molecule has 1 aliphatic heterocycles. The molecule has 0 spiro atoms. The number of hydrogen-bond acceptors (Lipinski definition) is 6. The Hall–Kier alpha value is -3.42. The maximum Gasteiger partial charge on any atom is 0.279 e. The van der Waals surface area contributed by atoms with Crippen LogP contribution in [0, 0.1) is 6.92 Å². The highest BCUT2D eigenvalue weighted by atomic mass is 35.5. The number of thiazole rings is 1. The number of carbonyl (C=O) groups is 1. The van der Waals surface area contributed by atoms with Crippen molar-refractivity contribution < 1.29 is 14.3 Å². The van der Waals surface area contributed by atoms with Gasteiger partial charge in [0.2, 0.25) is 0 Å². The molecule has 174 valence electrons. The van der Waals surface area contributed by atoms with Gasteiger partial charge in [0, 0.05) is 18.9 Å². The van der Waals surface area contributed by atoms with E-state index in [4.69, 9.17) is 9.47 Å². The maximum absolute atomic E-state index is 12.6. The summed E-state index contributed by atoms with van der Waals surface area (Å²) in [4.78, 5) is 21.6. The second kappa shape index (κ2) is 10.7. The van der Waals surface area contributed by atoms with Gasteiger partial charge in [0.25, 0.3) is 11.1 Å². The number of amides is 1. The van der Waals surface area contributed by atoms with Crippen molar-refractivity contribution in [1.29, 1.82) is 0 Å². The van der Waals surface area contributed by atoms with Gasteiger partial charge < -0.3 is 14.8 Å². The molecule has 5 rings (SSSR count). The fourth-order valence-corrected chi connectivity index (χ4v) is 4.67. The highest BCUT2D eigenvalue weighted by Gasteiger charge is 2.22. The molecule has 1 aliphatic rings. The number of halogens is 1. The van der Waals surface area contributed by atoms with E-state index in [1.54, 1.807) is 12.4 Å². The monoisotopic (exact) mass is 493 g/mol. The third-order valence-electron chi connectivity index (χ3n) is 5.54. The molecule has 3 heterocycles. The molecule has 2 aromatic carbocycles. The lowest BCUT2D eigenvalue weighted by molar-refractivity contribution is 0.0954.